The van der Waals surface area contributed by atoms with Gasteiger partial charge in [0.1, 0.15) is 0 Å². The molecule has 1 aliphatic carbocycles. The van der Waals surface area contributed by atoms with Gasteiger partial charge in [-0.15, -0.1) is 0 Å². The fourth-order valence-corrected chi connectivity index (χ4v) is 1.87. The van der Waals surface area contributed by atoms with Crippen LogP contribution in [0.3, 0.4) is 0 Å². The second-order valence-corrected chi connectivity index (χ2v) is 4.23. The van der Waals surface area contributed by atoms with E-state index < -0.39 is 38.2 Å². The molecular formula is C8H6ClF3N2O4. The quantitative estimate of drug-likeness (QED) is 0.337. The summed E-state index contributed by atoms with van der Waals surface area (Å²) in [6.07, 6.45) is -4.21. The minimum Gasteiger partial charge on any atom is -0.264 e. The molecular weight excluding hydrogens is 281 g/mol. The first-order chi connectivity index (χ1) is 8.00. The fourth-order valence-electron chi connectivity index (χ4n) is 1.56. The molecule has 2 atom stereocenters. The van der Waals surface area contributed by atoms with Gasteiger partial charge in [-0.05, 0) is 24.1 Å². The summed E-state index contributed by atoms with van der Waals surface area (Å²) in [5.41, 5.74) is -1.81. The third-order valence-electron chi connectivity index (χ3n) is 2.40. The molecule has 18 heavy (non-hydrogen) atoms. The molecule has 0 heterocycles. The molecule has 1 aliphatic rings. The maximum absolute atomic E-state index is 12.5. The number of halogens is 4. The molecule has 0 aromatic heterocycles. The molecule has 0 aliphatic heterocycles. The summed E-state index contributed by atoms with van der Waals surface area (Å²) >= 11 is 5.45. The summed E-state index contributed by atoms with van der Waals surface area (Å²) < 4.78 is 37.6. The number of allylic oxidation sites excluding steroid dienone is 2. The summed E-state index contributed by atoms with van der Waals surface area (Å²) in [6.45, 7) is 0.954. The van der Waals surface area contributed by atoms with E-state index in [0.29, 0.717) is 6.08 Å². The van der Waals surface area contributed by atoms with E-state index in [2.05, 4.69) is 0 Å². The number of hydrogen-bond donors (Lipinski definition) is 0. The molecule has 0 bridgehead atoms. The van der Waals surface area contributed by atoms with Gasteiger partial charge in [0.15, 0.2) is 0 Å². The zero-order valence-corrected chi connectivity index (χ0v) is 9.53. The Morgan fingerprint density at radius 1 is 1.39 bits per heavy atom. The lowest BCUT2D eigenvalue weighted by Gasteiger charge is -2.24. The zero-order valence-electron chi connectivity index (χ0n) is 8.77. The monoisotopic (exact) mass is 286 g/mol. The number of rotatable bonds is 2. The highest BCUT2D eigenvalue weighted by molar-refractivity contribution is 6.24. The van der Waals surface area contributed by atoms with E-state index in [-0.39, 0.29) is 6.08 Å². The summed E-state index contributed by atoms with van der Waals surface area (Å²) in [6, 6.07) is -2.28. The van der Waals surface area contributed by atoms with Gasteiger partial charge in [0.25, 0.3) is 0 Å². The van der Waals surface area contributed by atoms with Crippen molar-refractivity contribution in [2.45, 2.75) is 24.1 Å². The number of alkyl halides is 4. The normalized spacial score (nSPS) is 28.4. The zero-order chi connectivity index (χ0) is 14.3. The first-order valence-corrected chi connectivity index (χ1v) is 4.83. The summed E-state index contributed by atoms with van der Waals surface area (Å²) in [7, 11) is 0. The van der Waals surface area contributed by atoms with Crippen LogP contribution >= 0.6 is 11.6 Å². The molecule has 0 saturated carbocycles. The number of nitrogens with zero attached hydrogens (tertiary/aromatic N) is 2. The molecule has 0 amide bonds. The van der Waals surface area contributed by atoms with Crippen LogP contribution in [0.1, 0.15) is 6.92 Å². The molecule has 0 aromatic rings. The maximum atomic E-state index is 12.5. The van der Waals surface area contributed by atoms with E-state index in [9.17, 15) is 33.4 Å². The Balaban J connectivity index is 3.40. The average Bonchev–Trinajstić information content (AvgIpc) is 2.14. The van der Waals surface area contributed by atoms with Gasteiger partial charge in [0.05, 0.1) is 10.5 Å². The topological polar surface area (TPSA) is 86.3 Å². The second kappa shape index (κ2) is 4.23. The Morgan fingerprint density at radius 2 is 1.89 bits per heavy atom. The van der Waals surface area contributed by atoms with Crippen LogP contribution in [0.15, 0.2) is 23.3 Å². The predicted molar refractivity (Wildman–Crippen MR) is 54.3 cm³/mol. The molecule has 0 aromatic carbocycles. The van der Waals surface area contributed by atoms with Crippen molar-refractivity contribution in [2.75, 3.05) is 0 Å². The molecule has 0 N–H and O–H groups in total. The summed E-state index contributed by atoms with van der Waals surface area (Å²) in [5.74, 6) is 0. The van der Waals surface area contributed by atoms with E-state index in [1.165, 1.54) is 0 Å². The van der Waals surface area contributed by atoms with E-state index in [1.807, 2.05) is 0 Å². The van der Waals surface area contributed by atoms with Crippen LogP contribution in [-0.2, 0) is 0 Å². The van der Waals surface area contributed by atoms with E-state index in [0.717, 1.165) is 6.92 Å². The highest BCUT2D eigenvalue weighted by Gasteiger charge is 2.58. The van der Waals surface area contributed by atoms with Crippen LogP contribution in [0, 0.1) is 20.2 Å². The summed E-state index contributed by atoms with van der Waals surface area (Å²) in [5, 5.41) is 21.3. The van der Waals surface area contributed by atoms with Crippen LogP contribution in [-0.4, -0.2) is 27.1 Å². The van der Waals surface area contributed by atoms with E-state index >= 15 is 0 Å². The van der Waals surface area contributed by atoms with Gasteiger partial charge in [-0.1, -0.05) is 0 Å². The standard InChI is InChI=1S/C8H6ClF3N2O4/c1-4-3-7(9,14(17)18)6(13(15)16)2-5(4)8(10,11)12/h2-3,6H,1H3. The molecule has 6 nitrogen and oxygen atoms in total. The van der Waals surface area contributed by atoms with Gasteiger partial charge in [-0.25, -0.2) is 0 Å². The van der Waals surface area contributed by atoms with Crippen molar-refractivity contribution in [3.63, 3.8) is 0 Å². The molecule has 0 saturated heterocycles. The Morgan fingerprint density at radius 3 is 2.22 bits per heavy atom. The Hall–Kier alpha value is -1.64. The lowest BCUT2D eigenvalue weighted by atomic mass is 9.92. The van der Waals surface area contributed by atoms with E-state index in [4.69, 9.17) is 11.6 Å². The van der Waals surface area contributed by atoms with Gasteiger partial charge in [-0.3, -0.25) is 20.2 Å². The van der Waals surface area contributed by atoms with Crippen LogP contribution < -0.4 is 0 Å². The maximum Gasteiger partial charge on any atom is 0.416 e. The fraction of sp³-hybridized carbons (Fsp3) is 0.500. The second-order valence-electron chi connectivity index (χ2n) is 3.62. The third kappa shape index (κ3) is 2.30. The van der Waals surface area contributed by atoms with Gasteiger partial charge in [-0.2, -0.15) is 13.2 Å². The van der Waals surface area contributed by atoms with Crippen LogP contribution in [0.25, 0.3) is 0 Å². The van der Waals surface area contributed by atoms with Crippen molar-refractivity contribution in [1.29, 1.82) is 0 Å². The molecule has 1 rings (SSSR count). The Kier molecular flexibility index (Phi) is 3.39. The van der Waals surface area contributed by atoms with Gasteiger partial charge >= 0.3 is 17.2 Å². The molecule has 100 valence electrons. The molecule has 10 heteroatoms. The largest absolute Gasteiger partial charge is 0.416 e. The molecule has 0 radical (unpaired) electrons. The Bertz CT molecular complexity index is 473. The molecule has 0 spiro atoms. The third-order valence-corrected chi connectivity index (χ3v) is 2.87. The first kappa shape index (κ1) is 14.4. The van der Waals surface area contributed by atoms with Gasteiger partial charge in [0, 0.05) is 17.1 Å². The van der Waals surface area contributed by atoms with Crippen LogP contribution in [0.5, 0.6) is 0 Å². The molecule has 0 fully saturated rings. The predicted octanol–water partition coefficient (Wildman–Crippen LogP) is 2.29. The highest BCUT2D eigenvalue weighted by Crippen LogP contribution is 2.40. The van der Waals surface area contributed by atoms with Crippen molar-refractivity contribution in [3.05, 3.63) is 43.5 Å². The van der Waals surface area contributed by atoms with Crippen molar-refractivity contribution < 1.29 is 23.0 Å². The number of nitro groups is 2. The summed E-state index contributed by atoms with van der Waals surface area (Å²) in [4.78, 5) is 16.2. The minimum atomic E-state index is -4.83. The lowest BCUT2D eigenvalue weighted by Crippen LogP contribution is -2.48. The van der Waals surface area contributed by atoms with Crippen molar-refractivity contribution in [2.24, 2.45) is 0 Å². The minimum absolute atomic E-state index is 0.172. The van der Waals surface area contributed by atoms with Crippen molar-refractivity contribution in [1.82, 2.24) is 0 Å². The van der Waals surface area contributed by atoms with E-state index in [1.54, 1.807) is 0 Å². The first-order valence-electron chi connectivity index (χ1n) is 4.46. The van der Waals surface area contributed by atoms with Crippen molar-refractivity contribution >= 4 is 11.6 Å². The SMILES string of the molecule is CC1=CC(Cl)([N+](=O)[O-])C([N+](=O)[O-])C=C1C(F)(F)F. The van der Waals surface area contributed by atoms with Crippen molar-refractivity contribution in [3.8, 4) is 0 Å². The Labute approximate surface area is 103 Å². The highest BCUT2D eigenvalue weighted by atomic mass is 35.5. The average molecular weight is 287 g/mol. The smallest absolute Gasteiger partial charge is 0.264 e. The van der Waals surface area contributed by atoms with Gasteiger partial charge < -0.3 is 0 Å². The van der Waals surface area contributed by atoms with Crippen LogP contribution in [0.4, 0.5) is 13.2 Å². The van der Waals surface area contributed by atoms with Gasteiger partial charge in [0.2, 0.25) is 0 Å². The lowest BCUT2D eigenvalue weighted by molar-refractivity contribution is -0.613. The van der Waals surface area contributed by atoms with Crippen LogP contribution in [0.2, 0.25) is 0 Å². The molecule has 2 unspecified atom stereocenters. The number of hydrogen-bond acceptors (Lipinski definition) is 4.